The van der Waals surface area contributed by atoms with Gasteiger partial charge in [-0.2, -0.15) is 5.10 Å². The van der Waals surface area contributed by atoms with Gasteiger partial charge in [0.1, 0.15) is 17.9 Å². The van der Waals surface area contributed by atoms with Crippen molar-refractivity contribution in [1.82, 2.24) is 30.3 Å². The zero-order valence-electron chi connectivity index (χ0n) is 17.3. The molecular formula is C20H32IN7O2. The average Bonchev–Trinajstić information content (AvgIpc) is 3.43. The maximum Gasteiger partial charge on any atom is 0.191 e. The number of nitrogens with one attached hydrogen (secondary N) is 2. The third kappa shape index (κ3) is 6.95. The molecule has 4 heterocycles. The second kappa shape index (κ2) is 12.3. The van der Waals surface area contributed by atoms with Gasteiger partial charge in [-0.25, -0.2) is 9.67 Å². The molecule has 1 saturated heterocycles. The molecular weight excluding hydrogens is 497 g/mol. The lowest BCUT2D eigenvalue weighted by atomic mass is 10.1. The van der Waals surface area contributed by atoms with Crippen LogP contribution in [-0.2, 0) is 24.1 Å². The van der Waals surface area contributed by atoms with Crippen molar-refractivity contribution in [2.75, 3.05) is 45.9 Å². The first kappa shape index (κ1) is 23.0. The molecule has 0 aromatic carbocycles. The standard InChI is InChI=1S/C20H31N7O2.HI/c1-3-18(29-12-1)6-8-22-20(21-7-2-9-26-10-13-28-14-11-26)25-17-4-5-19-23-16-24-27(19)15-17;/h1,3,12,16-17H,2,4-11,13-15H2,(H2,21,22,25);1H. The van der Waals surface area contributed by atoms with E-state index >= 15 is 0 Å². The highest BCUT2D eigenvalue weighted by atomic mass is 127. The maximum atomic E-state index is 5.43. The minimum Gasteiger partial charge on any atom is -0.469 e. The molecule has 0 saturated carbocycles. The highest BCUT2D eigenvalue weighted by molar-refractivity contribution is 14.0. The number of nitrogens with zero attached hydrogens (tertiary/aromatic N) is 5. The predicted molar refractivity (Wildman–Crippen MR) is 125 cm³/mol. The summed E-state index contributed by atoms with van der Waals surface area (Å²) in [6, 6.07) is 4.23. The van der Waals surface area contributed by atoms with Gasteiger partial charge in [0.2, 0.25) is 0 Å². The van der Waals surface area contributed by atoms with Gasteiger partial charge in [0.05, 0.1) is 26.0 Å². The molecule has 2 aliphatic heterocycles. The Bertz CT molecular complexity index is 759. The molecule has 1 unspecified atom stereocenters. The fourth-order valence-corrected chi connectivity index (χ4v) is 3.77. The summed E-state index contributed by atoms with van der Waals surface area (Å²) in [5.74, 6) is 2.92. The summed E-state index contributed by atoms with van der Waals surface area (Å²) in [5.41, 5.74) is 0. The number of hydrogen-bond acceptors (Lipinski definition) is 6. The number of ether oxygens (including phenoxy) is 1. The summed E-state index contributed by atoms with van der Waals surface area (Å²) < 4.78 is 12.8. The molecule has 166 valence electrons. The van der Waals surface area contributed by atoms with Crippen molar-refractivity contribution < 1.29 is 9.15 Å². The highest BCUT2D eigenvalue weighted by Crippen LogP contribution is 2.11. The Labute approximate surface area is 194 Å². The molecule has 0 spiro atoms. The van der Waals surface area contributed by atoms with Crippen LogP contribution >= 0.6 is 24.0 Å². The third-order valence-electron chi connectivity index (χ3n) is 5.40. The summed E-state index contributed by atoms with van der Waals surface area (Å²) >= 11 is 0. The van der Waals surface area contributed by atoms with Crippen LogP contribution in [0.15, 0.2) is 34.1 Å². The van der Waals surface area contributed by atoms with Gasteiger partial charge in [-0.15, -0.1) is 24.0 Å². The first-order chi connectivity index (χ1) is 14.4. The highest BCUT2D eigenvalue weighted by Gasteiger charge is 2.20. The number of guanidine groups is 1. The van der Waals surface area contributed by atoms with Gasteiger partial charge in [-0.05, 0) is 25.0 Å². The minimum atomic E-state index is 0. The van der Waals surface area contributed by atoms with E-state index in [4.69, 9.17) is 14.1 Å². The molecule has 0 bridgehead atoms. The Morgan fingerprint density at radius 3 is 3.03 bits per heavy atom. The van der Waals surface area contributed by atoms with E-state index in [1.807, 2.05) is 16.8 Å². The molecule has 2 aliphatic rings. The molecule has 2 aromatic rings. The normalized spacial score (nSPS) is 19.7. The Hall–Kier alpha value is -1.66. The Balaban J connectivity index is 0.00000256. The predicted octanol–water partition coefficient (Wildman–Crippen LogP) is 1.30. The van der Waals surface area contributed by atoms with Crippen LogP contribution in [-0.4, -0.2) is 77.6 Å². The van der Waals surface area contributed by atoms with Crippen molar-refractivity contribution in [3.63, 3.8) is 0 Å². The van der Waals surface area contributed by atoms with Crippen molar-refractivity contribution in [3.8, 4) is 0 Å². The number of aryl methyl sites for hydroxylation is 1. The SMILES string of the molecule is I.c1coc(CCNC(=NCCCN2CCOCC2)NC2CCc3ncnn3C2)c1. The lowest BCUT2D eigenvalue weighted by Crippen LogP contribution is -2.47. The van der Waals surface area contributed by atoms with Crippen molar-refractivity contribution in [3.05, 3.63) is 36.3 Å². The van der Waals surface area contributed by atoms with Gasteiger partial charge < -0.3 is 19.8 Å². The van der Waals surface area contributed by atoms with Crippen LogP contribution in [0.25, 0.3) is 0 Å². The average molecular weight is 529 g/mol. The van der Waals surface area contributed by atoms with Crippen LogP contribution in [0.2, 0.25) is 0 Å². The van der Waals surface area contributed by atoms with E-state index in [9.17, 15) is 0 Å². The van der Waals surface area contributed by atoms with Crippen LogP contribution < -0.4 is 10.6 Å². The zero-order valence-corrected chi connectivity index (χ0v) is 19.7. The van der Waals surface area contributed by atoms with Crippen molar-refractivity contribution in [2.45, 2.75) is 38.3 Å². The van der Waals surface area contributed by atoms with E-state index in [0.29, 0.717) is 6.04 Å². The molecule has 4 rings (SSSR count). The number of aromatic nitrogens is 3. The second-order valence-corrected chi connectivity index (χ2v) is 7.53. The first-order valence-electron chi connectivity index (χ1n) is 10.6. The van der Waals surface area contributed by atoms with Crippen molar-refractivity contribution in [2.24, 2.45) is 4.99 Å². The van der Waals surface area contributed by atoms with Crippen molar-refractivity contribution >= 4 is 29.9 Å². The molecule has 9 nitrogen and oxygen atoms in total. The lowest BCUT2D eigenvalue weighted by Gasteiger charge is -2.26. The van der Waals surface area contributed by atoms with Gasteiger partial charge in [0, 0.05) is 51.6 Å². The molecule has 0 aliphatic carbocycles. The molecule has 1 fully saturated rings. The van der Waals surface area contributed by atoms with Crippen LogP contribution in [0.5, 0.6) is 0 Å². The Morgan fingerprint density at radius 1 is 1.30 bits per heavy atom. The number of fused-ring (bicyclic) bond motifs is 1. The van der Waals surface area contributed by atoms with E-state index in [1.54, 1.807) is 12.6 Å². The molecule has 1 atom stereocenters. The summed E-state index contributed by atoms with van der Waals surface area (Å²) in [6.07, 6.45) is 7.20. The molecule has 30 heavy (non-hydrogen) atoms. The topological polar surface area (TPSA) is 92.7 Å². The fraction of sp³-hybridized carbons (Fsp3) is 0.650. The monoisotopic (exact) mass is 529 g/mol. The Kier molecular flexibility index (Phi) is 9.40. The van der Waals surface area contributed by atoms with Crippen LogP contribution in [0.1, 0.15) is 24.4 Å². The van der Waals surface area contributed by atoms with E-state index in [1.165, 1.54) is 0 Å². The quantitative estimate of drug-likeness (QED) is 0.231. The smallest absolute Gasteiger partial charge is 0.191 e. The van der Waals surface area contributed by atoms with Crippen LogP contribution in [0.4, 0.5) is 0 Å². The van der Waals surface area contributed by atoms with Crippen molar-refractivity contribution in [1.29, 1.82) is 0 Å². The molecule has 0 amide bonds. The summed E-state index contributed by atoms with van der Waals surface area (Å²) in [7, 11) is 0. The number of furan rings is 1. The fourth-order valence-electron chi connectivity index (χ4n) is 3.77. The summed E-state index contributed by atoms with van der Waals surface area (Å²) in [4.78, 5) is 11.6. The Morgan fingerprint density at radius 2 is 2.20 bits per heavy atom. The molecule has 10 heteroatoms. The van der Waals surface area contributed by atoms with Crippen LogP contribution in [0.3, 0.4) is 0 Å². The number of hydrogen-bond donors (Lipinski definition) is 2. The largest absolute Gasteiger partial charge is 0.469 e. The lowest BCUT2D eigenvalue weighted by molar-refractivity contribution is 0.0377. The molecule has 2 N–H and O–H groups in total. The van der Waals surface area contributed by atoms with E-state index < -0.39 is 0 Å². The van der Waals surface area contributed by atoms with Gasteiger partial charge in [0.15, 0.2) is 5.96 Å². The van der Waals surface area contributed by atoms with Gasteiger partial charge >= 0.3 is 0 Å². The summed E-state index contributed by atoms with van der Waals surface area (Å²) in [6.45, 7) is 7.21. The minimum absolute atomic E-state index is 0. The second-order valence-electron chi connectivity index (χ2n) is 7.53. The van der Waals surface area contributed by atoms with E-state index in [2.05, 4.69) is 25.6 Å². The van der Waals surface area contributed by atoms with Crippen LogP contribution in [0, 0.1) is 0 Å². The zero-order chi connectivity index (χ0) is 19.7. The van der Waals surface area contributed by atoms with Gasteiger partial charge in [0.25, 0.3) is 0 Å². The molecule has 0 radical (unpaired) electrons. The van der Waals surface area contributed by atoms with E-state index in [-0.39, 0.29) is 24.0 Å². The number of rotatable bonds is 8. The van der Waals surface area contributed by atoms with Gasteiger partial charge in [-0.3, -0.25) is 9.89 Å². The maximum absolute atomic E-state index is 5.43. The number of aliphatic imine (C=N–C) groups is 1. The van der Waals surface area contributed by atoms with Gasteiger partial charge in [-0.1, -0.05) is 0 Å². The first-order valence-corrected chi connectivity index (χ1v) is 10.6. The molecule has 2 aromatic heterocycles. The number of morpholine rings is 1. The van der Waals surface area contributed by atoms with E-state index in [0.717, 1.165) is 95.7 Å². The summed E-state index contributed by atoms with van der Waals surface area (Å²) in [5, 5.41) is 11.4. The third-order valence-corrected chi connectivity index (χ3v) is 5.40. The number of halogens is 1.